The normalized spacial score (nSPS) is 17.2. The molecule has 27 heavy (non-hydrogen) atoms. The Morgan fingerprint density at radius 1 is 1.00 bits per heavy atom. The predicted molar refractivity (Wildman–Crippen MR) is 107 cm³/mol. The molecule has 2 aromatic carbocycles. The van der Waals surface area contributed by atoms with Crippen LogP contribution in [0.4, 0.5) is 0 Å². The van der Waals surface area contributed by atoms with Gasteiger partial charge in [-0.25, -0.2) is 8.42 Å². The van der Waals surface area contributed by atoms with Crippen LogP contribution in [0.3, 0.4) is 0 Å². The number of benzene rings is 2. The van der Waals surface area contributed by atoms with Crippen molar-refractivity contribution in [2.45, 2.75) is 24.8 Å². The monoisotopic (exact) mass is 402 g/mol. The molecule has 1 fully saturated rings. The number of aryl methyl sites for hydroxylation is 1. The number of sulfonamides is 1. The summed E-state index contributed by atoms with van der Waals surface area (Å²) in [5.41, 5.74) is 3.62. The van der Waals surface area contributed by atoms with E-state index in [9.17, 15) is 8.42 Å². The number of hydrogen-bond acceptors (Lipinski definition) is 6. The van der Waals surface area contributed by atoms with Crippen molar-refractivity contribution < 1.29 is 8.42 Å². The first-order valence-corrected chi connectivity index (χ1v) is 11.2. The van der Waals surface area contributed by atoms with E-state index in [0.717, 1.165) is 37.8 Å². The summed E-state index contributed by atoms with van der Waals surface area (Å²) in [4.78, 5) is 2.59. The molecule has 8 heteroatoms. The molecule has 2 heterocycles. The first-order valence-electron chi connectivity index (χ1n) is 9.03. The second-order valence-corrected chi connectivity index (χ2v) is 9.34. The summed E-state index contributed by atoms with van der Waals surface area (Å²) >= 11 is 1.05. The highest BCUT2D eigenvalue weighted by molar-refractivity contribution is 7.89. The molecule has 4 rings (SSSR count). The maximum absolute atomic E-state index is 13.2. The van der Waals surface area contributed by atoms with Crippen LogP contribution in [0.5, 0.6) is 0 Å². The summed E-state index contributed by atoms with van der Waals surface area (Å²) in [6, 6.07) is 13.7. The van der Waals surface area contributed by atoms with Crippen molar-refractivity contribution >= 4 is 32.8 Å². The lowest BCUT2D eigenvalue weighted by Crippen LogP contribution is -2.35. The summed E-state index contributed by atoms with van der Waals surface area (Å²) in [6.07, 6.45) is 0.816. The van der Waals surface area contributed by atoms with Crippen LogP contribution in [0.1, 0.15) is 17.5 Å². The molecule has 142 valence electrons. The van der Waals surface area contributed by atoms with E-state index in [4.69, 9.17) is 0 Å². The zero-order chi connectivity index (χ0) is 18.9. The molecular weight excluding hydrogens is 380 g/mol. The van der Waals surface area contributed by atoms with Gasteiger partial charge in [-0.1, -0.05) is 35.9 Å². The number of nitrogens with zero attached hydrogens (tertiary/aromatic N) is 4. The lowest BCUT2D eigenvalue weighted by molar-refractivity contribution is 0.278. The Balaban J connectivity index is 1.50. The molecule has 0 saturated carbocycles. The Hall–Kier alpha value is -1.87. The molecule has 1 aliphatic rings. The van der Waals surface area contributed by atoms with Crippen molar-refractivity contribution in [3.05, 3.63) is 53.6 Å². The van der Waals surface area contributed by atoms with Gasteiger partial charge in [-0.05, 0) is 37.6 Å². The lowest BCUT2D eigenvalue weighted by atomic mass is 10.1. The SMILES string of the molecule is Cc1ccc(CN2CCCN(S(=O)(=O)c3cccc4nsnc34)CC2)cc1. The summed E-state index contributed by atoms with van der Waals surface area (Å²) in [5, 5.41) is 0. The van der Waals surface area contributed by atoms with Gasteiger partial charge in [0, 0.05) is 26.2 Å². The van der Waals surface area contributed by atoms with Crippen LogP contribution in [-0.4, -0.2) is 52.5 Å². The van der Waals surface area contributed by atoms with Gasteiger partial charge in [-0.3, -0.25) is 4.90 Å². The molecule has 0 bridgehead atoms. The number of rotatable bonds is 4. The number of fused-ring (bicyclic) bond motifs is 1. The van der Waals surface area contributed by atoms with E-state index >= 15 is 0 Å². The number of aromatic nitrogens is 2. The Morgan fingerprint density at radius 3 is 2.63 bits per heavy atom. The van der Waals surface area contributed by atoms with Gasteiger partial charge in [0.15, 0.2) is 0 Å². The Bertz CT molecular complexity index is 1030. The highest BCUT2D eigenvalue weighted by Crippen LogP contribution is 2.25. The van der Waals surface area contributed by atoms with Crippen LogP contribution >= 0.6 is 11.7 Å². The minimum Gasteiger partial charge on any atom is -0.298 e. The van der Waals surface area contributed by atoms with Crippen LogP contribution in [0.2, 0.25) is 0 Å². The maximum atomic E-state index is 13.2. The van der Waals surface area contributed by atoms with Crippen LogP contribution in [-0.2, 0) is 16.6 Å². The second-order valence-electron chi connectivity index (χ2n) is 6.91. The topological polar surface area (TPSA) is 66.4 Å². The van der Waals surface area contributed by atoms with E-state index in [2.05, 4.69) is 44.8 Å². The molecule has 0 amide bonds. The summed E-state index contributed by atoms with van der Waals surface area (Å²) in [5.74, 6) is 0. The zero-order valence-electron chi connectivity index (χ0n) is 15.2. The van der Waals surface area contributed by atoms with Gasteiger partial charge in [0.2, 0.25) is 10.0 Å². The Morgan fingerprint density at radius 2 is 1.81 bits per heavy atom. The average molecular weight is 403 g/mol. The molecule has 1 aliphatic heterocycles. The molecule has 3 aromatic rings. The molecule has 0 atom stereocenters. The highest BCUT2D eigenvalue weighted by atomic mass is 32.2. The van der Waals surface area contributed by atoms with Gasteiger partial charge in [-0.15, -0.1) is 0 Å². The van der Waals surface area contributed by atoms with Crippen molar-refractivity contribution in [3.8, 4) is 0 Å². The molecule has 0 unspecified atom stereocenters. The first-order chi connectivity index (χ1) is 13.0. The summed E-state index contributed by atoms with van der Waals surface area (Å²) < 4.78 is 36.3. The van der Waals surface area contributed by atoms with Crippen LogP contribution < -0.4 is 0 Å². The predicted octanol–water partition coefficient (Wildman–Crippen LogP) is 2.90. The fraction of sp³-hybridized carbons (Fsp3) is 0.368. The molecule has 0 aliphatic carbocycles. The fourth-order valence-corrected chi connectivity index (χ4v) is 5.65. The molecular formula is C19H22N4O2S2. The lowest BCUT2D eigenvalue weighted by Gasteiger charge is -2.22. The van der Waals surface area contributed by atoms with E-state index in [-0.39, 0.29) is 4.90 Å². The fourth-order valence-electron chi connectivity index (χ4n) is 3.43. The van der Waals surface area contributed by atoms with Crippen LogP contribution in [0, 0.1) is 6.92 Å². The van der Waals surface area contributed by atoms with Crippen LogP contribution in [0.25, 0.3) is 11.0 Å². The quantitative estimate of drug-likeness (QED) is 0.671. The zero-order valence-corrected chi connectivity index (χ0v) is 16.8. The van der Waals surface area contributed by atoms with Crippen molar-refractivity contribution in [3.63, 3.8) is 0 Å². The summed E-state index contributed by atoms with van der Waals surface area (Å²) in [7, 11) is -3.57. The number of hydrogen-bond donors (Lipinski definition) is 0. The van der Waals surface area contributed by atoms with E-state index in [1.807, 2.05) is 0 Å². The second kappa shape index (κ2) is 7.63. The molecule has 6 nitrogen and oxygen atoms in total. The minimum atomic E-state index is -3.57. The van der Waals surface area contributed by atoms with E-state index in [0.29, 0.717) is 24.1 Å². The molecule has 1 aromatic heterocycles. The van der Waals surface area contributed by atoms with E-state index in [1.165, 1.54) is 11.1 Å². The van der Waals surface area contributed by atoms with Gasteiger partial charge in [0.1, 0.15) is 15.9 Å². The minimum absolute atomic E-state index is 0.265. The van der Waals surface area contributed by atoms with Gasteiger partial charge in [-0.2, -0.15) is 13.1 Å². The third-order valence-electron chi connectivity index (χ3n) is 4.94. The standard InChI is InChI=1S/C19H22N4O2S2/c1-15-6-8-16(9-7-15)14-22-10-3-11-23(13-12-22)27(24,25)18-5-2-4-17-19(18)21-26-20-17/h2,4-9H,3,10-14H2,1H3. The largest absolute Gasteiger partial charge is 0.298 e. The first kappa shape index (κ1) is 18.5. The molecule has 1 saturated heterocycles. The average Bonchev–Trinajstić information content (AvgIpc) is 3.02. The van der Waals surface area contributed by atoms with Gasteiger partial charge >= 0.3 is 0 Å². The van der Waals surface area contributed by atoms with Crippen molar-refractivity contribution in [2.24, 2.45) is 0 Å². The van der Waals surface area contributed by atoms with Crippen molar-refractivity contribution in [2.75, 3.05) is 26.2 Å². The maximum Gasteiger partial charge on any atom is 0.245 e. The highest BCUT2D eigenvalue weighted by Gasteiger charge is 2.29. The third-order valence-corrected chi connectivity index (χ3v) is 7.41. The van der Waals surface area contributed by atoms with E-state index < -0.39 is 10.0 Å². The van der Waals surface area contributed by atoms with Crippen molar-refractivity contribution in [1.82, 2.24) is 18.0 Å². The Labute approximate surface area is 163 Å². The Kier molecular flexibility index (Phi) is 5.23. The van der Waals surface area contributed by atoms with Crippen molar-refractivity contribution in [1.29, 1.82) is 0 Å². The smallest absolute Gasteiger partial charge is 0.245 e. The third kappa shape index (κ3) is 3.89. The van der Waals surface area contributed by atoms with Gasteiger partial charge in [0.05, 0.1) is 11.7 Å². The van der Waals surface area contributed by atoms with Gasteiger partial charge in [0.25, 0.3) is 0 Å². The molecule has 0 spiro atoms. The van der Waals surface area contributed by atoms with Gasteiger partial charge < -0.3 is 0 Å². The molecule has 0 N–H and O–H groups in total. The summed E-state index contributed by atoms with van der Waals surface area (Å²) in [6.45, 7) is 5.56. The van der Waals surface area contributed by atoms with Crippen LogP contribution in [0.15, 0.2) is 47.4 Å². The molecule has 0 radical (unpaired) electrons. The van der Waals surface area contributed by atoms with E-state index in [1.54, 1.807) is 22.5 Å².